The van der Waals surface area contributed by atoms with Gasteiger partial charge in [-0.3, -0.25) is 5.32 Å². The van der Waals surface area contributed by atoms with Crippen LogP contribution in [0.5, 0.6) is 0 Å². The monoisotopic (exact) mass is 221 g/mol. The van der Waals surface area contributed by atoms with E-state index < -0.39 is 6.09 Å². The van der Waals surface area contributed by atoms with Gasteiger partial charge < -0.3 is 6.16 Å². The standard InChI is InChI=1S/C7H7N3O2S.Na.H/c1-2-12-7(11)10-6(13)5(3-8)4-9;;/h13H,2H2,1H3,(H,10,11);;/q;+1;-1. The van der Waals surface area contributed by atoms with Crippen LogP contribution in [0.2, 0.25) is 0 Å². The molecule has 0 bridgehead atoms. The van der Waals surface area contributed by atoms with Gasteiger partial charge in [-0.1, -0.05) is 0 Å². The molecular formula is C7H8N3NaO2S. The number of amides is 1. The number of nitriles is 2. The summed E-state index contributed by atoms with van der Waals surface area (Å²) in [6.07, 6.45) is -0.740. The molecule has 0 spiro atoms. The third kappa shape index (κ3) is 5.90. The Hall–Kier alpha value is -0.660. The molecule has 14 heavy (non-hydrogen) atoms. The summed E-state index contributed by atoms with van der Waals surface area (Å²) in [6, 6.07) is 3.14. The molecule has 7 heteroatoms. The quantitative estimate of drug-likeness (QED) is 0.322. The van der Waals surface area contributed by atoms with Gasteiger partial charge in [0.15, 0.2) is 5.57 Å². The van der Waals surface area contributed by atoms with Crippen molar-refractivity contribution in [3.63, 3.8) is 0 Å². The molecule has 5 nitrogen and oxygen atoms in total. The van der Waals surface area contributed by atoms with Crippen molar-refractivity contribution in [3.8, 4) is 12.1 Å². The largest absolute Gasteiger partial charge is 1.00 e. The van der Waals surface area contributed by atoms with E-state index in [1.807, 2.05) is 0 Å². The van der Waals surface area contributed by atoms with E-state index in [-0.39, 0.29) is 48.2 Å². The van der Waals surface area contributed by atoms with E-state index in [1.54, 1.807) is 19.1 Å². The Morgan fingerprint density at radius 1 is 1.57 bits per heavy atom. The predicted octanol–water partition coefficient (Wildman–Crippen LogP) is -1.96. The first kappa shape index (κ1) is 15.8. The second kappa shape index (κ2) is 8.92. The summed E-state index contributed by atoms with van der Waals surface area (Å²) in [5.74, 6) is 0. The molecule has 0 saturated carbocycles. The molecule has 0 aromatic heterocycles. The third-order valence-electron chi connectivity index (χ3n) is 0.956. The zero-order chi connectivity index (χ0) is 10.3. The van der Waals surface area contributed by atoms with E-state index in [4.69, 9.17) is 10.5 Å². The van der Waals surface area contributed by atoms with E-state index in [1.165, 1.54) is 0 Å². The summed E-state index contributed by atoms with van der Waals surface area (Å²) in [7, 11) is 0. The van der Waals surface area contributed by atoms with Crippen LogP contribution in [0.4, 0.5) is 4.79 Å². The summed E-state index contributed by atoms with van der Waals surface area (Å²) in [6.45, 7) is 1.85. The van der Waals surface area contributed by atoms with Gasteiger partial charge in [-0.2, -0.15) is 10.5 Å². The minimum Gasteiger partial charge on any atom is -1.00 e. The van der Waals surface area contributed by atoms with Crippen LogP contribution in [0.15, 0.2) is 10.6 Å². The first-order valence-corrected chi connectivity index (χ1v) is 3.77. The van der Waals surface area contributed by atoms with Crippen LogP contribution in [0.25, 0.3) is 0 Å². The van der Waals surface area contributed by atoms with Crippen molar-refractivity contribution in [1.82, 2.24) is 5.32 Å². The Morgan fingerprint density at radius 3 is 2.43 bits per heavy atom. The van der Waals surface area contributed by atoms with Crippen molar-refractivity contribution in [2.45, 2.75) is 6.92 Å². The maximum Gasteiger partial charge on any atom is 1.00 e. The van der Waals surface area contributed by atoms with Crippen molar-refractivity contribution >= 4 is 18.7 Å². The Labute approximate surface area is 111 Å². The molecule has 0 aliphatic carbocycles. The molecule has 0 atom stereocenters. The summed E-state index contributed by atoms with van der Waals surface area (Å²) < 4.78 is 4.50. The third-order valence-corrected chi connectivity index (χ3v) is 1.29. The van der Waals surface area contributed by atoms with Gasteiger partial charge in [0.2, 0.25) is 0 Å². The number of nitrogens with zero attached hydrogens (tertiary/aromatic N) is 2. The maximum absolute atomic E-state index is 10.8. The molecule has 1 amide bonds. The maximum atomic E-state index is 10.8. The fourth-order valence-electron chi connectivity index (χ4n) is 0.457. The molecule has 0 aliphatic heterocycles. The van der Waals surface area contributed by atoms with E-state index in [0.29, 0.717) is 0 Å². The topological polar surface area (TPSA) is 85.9 Å². The molecule has 0 unspecified atom stereocenters. The predicted molar refractivity (Wildman–Crippen MR) is 48.5 cm³/mol. The van der Waals surface area contributed by atoms with Crippen LogP contribution in [0.3, 0.4) is 0 Å². The minimum absolute atomic E-state index is 0. The Morgan fingerprint density at radius 2 is 2.07 bits per heavy atom. The average Bonchev–Trinajstić information content (AvgIpc) is 2.06. The van der Waals surface area contributed by atoms with Gasteiger partial charge in [-0.05, 0) is 6.92 Å². The normalized spacial score (nSPS) is 7.14. The average molecular weight is 221 g/mol. The molecule has 0 rings (SSSR count). The van der Waals surface area contributed by atoms with E-state index in [0.717, 1.165) is 0 Å². The van der Waals surface area contributed by atoms with Gasteiger partial charge in [0.1, 0.15) is 17.2 Å². The van der Waals surface area contributed by atoms with Crippen LogP contribution in [0.1, 0.15) is 8.35 Å². The fourth-order valence-corrected chi connectivity index (χ4v) is 0.649. The van der Waals surface area contributed by atoms with Crippen LogP contribution < -0.4 is 34.9 Å². The first-order chi connectivity index (χ1) is 6.15. The Bertz CT molecular complexity index is 305. The molecule has 0 aromatic rings. The summed E-state index contributed by atoms with van der Waals surface area (Å²) >= 11 is 3.74. The number of ether oxygens (including phenoxy) is 1. The smallest absolute Gasteiger partial charge is 1.00 e. The molecule has 0 radical (unpaired) electrons. The van der Waals surface area contributed by atoms with Gasteiger partial charge in [0, 0.05) is 0 Å². The van der Waals surface area contributed by atoms with Crippen LogP contribution in [-0.2, 0) is 4.74 Å². The van der Waals surface area contributed by atoms with Gasteiger partial charge in [-0.15, -0.1) is 12.6 Å². The molecular weight excluding hydrogens is 213 g/mol. The van der Waals surface area contributed by atoms with Crippen molar-refractivity contribution in [3.05, 3.63) is 10.6 Å². The number of thiol groups is 1. The summed E-state index contributed by atoms with van der Waals surface area (Å²) in [5, 5.41) is 18.7. The number of nitrogens with one attached hydrogen (secondary N) is 1. The molecule has 0 aliphatic rings. The summed E-state index contributed by atoms with van der Waals surface area (Å²) in [4.78, 5) is 10.8. The van der Waals surface area contributed by atoms with Gasteiger partial charge in [-0.25, -0.2) is 4.79 Å². The number of carbonyl (C=O) groups is 1. The SMILES string of the molecule is CCOC(=O)NC(S)=C(C#N)C#N.[H-].[Na+]. The molecule has 70 valence electrons. The van der Waals surface area contributed by atoms with Crippen LogP contribution in [0, 0.1) is 22.7 Å². The molecule has 0 aromatic carbocycles. The summed E-state index contributed by atoms with van der Waals surface area (Å²) in [5.41, 5.74) is -0.267. The number of hydrogen-bond donors (Lipinski definition) is 2. The van der Waals surface area contributed by atoms with Crippen molar-refractivity contribution in [2.24, 2.45) is 0 Å². The molecule has 0 saturated heterocycles. The first-order valence-electron chi connectivity index (χ1n) is 3.32. The van der Waals surface area contributed by atoms with Crippen molar-refractivity contribution in [2.75, 3.05) is 6.61 Å². The van der Waals surface area contributed by atoms with E-state index in [2.05, 4.69) is 22.7 Å². The van der Waals surface area contributed by atoms with E-state index >= 15 is 0 Å². The number of rotatable bonds is 2. The second-order valence-corrected chi connectivity index (χ2v) is 2.24. The van der Waals surface area contributed by atoms with Crippen molar-refractivity contribution < 1.29 is 40.5 Å². The van der Waals surface area contributed by atoms with Gasteiger partial charge >= 0.3 is 35.7 Å². The number of carbonyl (C=O) groups excluding carboxylic acids is 1. The Kier molecular flexibility index (Phi) is 10.1. The molecule has 0 heterocycles. The second-order valence-electron chi connectivity index (χ2n) is 1.79. The number of allylic oxidation sites excluding steroid dienone is 1. The number of alkyl carbamates (subject to hydrolysis) is 1. The number of hydrogen-bond acceptors (Lipinski definition) is 5. The fraction of sp³-hybridized carbons (Fsp3) is 0.286. The Balaban J connectivity index is -0.000000720. The van der Waals surface area contributed by atoms with E-state index in [9.17, 15) is 4.79 Å². The zero-order valence-corrected chi connectivity index (χ0v) is 10.8. The van der Waals surface area contributed by atoms with Crippen molar-refractivity contribution in [1.29, 1.82) is 10.5 Å². The zero-order valence-electron chi connectivity index (χ0n) is 8.87. The van der Waals surface area contributed by atoms with Crippen LogP contribution >= 0.6 is 12.6 Å². The molecule has 0 fully saturated rings. The van der Waals surface area contributed by atoms with Gasteiger partial charge in [0.05, 0.1) is 6.61 Å². The molecule has 1 N–H and O–H groups in total. The minimum atomic E-state index is -0.740. The van der Waals surface area contributed by atoms with Gasteiger partial charge in [0.25, 0.3) is 0 Å². The van der Waals surface area contributed by atoms with Crippen LogP contribution in [-0.4, -0.2) is 12.7 Å².